The summed E-state index contributed by atoms with van der Waals surface area (Å²) in [4.78, 5) is 2.54. The number of anilines is 1. The van der Waals surface area contributed by atoms with Crippen molar-refractivity contribution in [1.29, 1.82) is 0 Å². The van der Waals surface area contributed by atoms with E-state index in [1.165, 1.54) is 9.75 Å². The maximum Gasteiger partial charge on any atom is 0.191 e. The minimum absolute atomic E-state index is 0.453. The molecule has 0 aliphatic carbocycles. The lowest BCUT2D eigenvalue weighted by Gasteiger charge is -2.08. The lowest BCUT2D eigenvalue weighted by Crippen LogP contribution is -2.24. The summed E-state index contributed by atoms with van der Waals surface area (Å²) < 4.78 is 5.12. The summed E-state index contributed by atoms with van der Waals surface area (Å²) in [7, 11) is 1.64. The first-order valence-corrected chi connectivity index (χ1v) is 8.05. The lowest BCUT2D eigenvalue weighted by atomic mass is 10.2. The van der Waals surface area contributed by atoms with Crippen LogP contribution in [0.3, 0.4) is 0 Å². The Labute approximate surface area is 140 Å². The number of hydrazone groups is 1. The predicted octanol–water partition coefficient (Wildman–Crippen LogP) is 4.08. The fourth-order valence-electron chi connectivity index (χ4n) is 2.02. The number of aryl methyl sites for hydroxylation is 2. The van der Waals surface area contributed by atoms with Crippen molar-refractivity contribution >= 4 is 40.1 Å². The predicted molar refractivity (Wildman–Crippen MR) is 98.4 cm³/mol. The van der Waals surface area contributed by atoms with Crippen LogP contribution >= 0.6 is 23.6 Å². The maximum atomic E-state index is 5.25. The van der Waals surface area contributed by atoms with E-state index < -0.39 is 0 Å². The van der Waals surface area contributed by atoms with E-state index in [1.54, 1.807) is 18.4 Å². The van der Waals surface area contributed by atoms with E-state index in [1.807, 2.05) is 31.2 Å². The number of benzene rings is 1. The summed E-state index contributed by atoms with van der Waals surface area (Å²) in [5.74, 6) is 0.807. The number of hydrogen-bond donors (Lipinski definition) is 2. The number of hydrogen-bond acceptors (Lipinski definition) is 4. The molecule has 6 heteroatoms. The molecule has 22 heavy (non-hydrogen) atoms. The molecule has 0 spiro atoms. The summed E-state index contributed by atoms with van der Waals surface area (Å²) in [5.41, 5.74) is 5.83. The molecule has 116 valence electrons. The standard InChI is InChI=1S/C16H19N3OS2/c1-10-9-15(12(3)22-10)11(2)18-19-16(21)17-13-5-7-14(20-4)8-6-13/h5-9H,1-4H3,(H2,17,19,21)/b18-11-. The van der Waals surface area contributed by atoms with Crippen LogP contribution in [0.4, 0.5) is 5.69 Å². The van der Waals surface area contributed by atoms with Gasteiger partial charge in [0.1, 0.15) is 5.75 Å². The molecule has 0 saturated carbocycles. The van der Waals surface area contributed by atoms with Crippen LogP contribution in [-0.4, -0.2) is 17.9 Å². The van der Waals surface area contributed by atoms with Crippen molar-refractivity contribution in [3.8, 4) is 5.75 Å². The van der Waals surface area contributed by atoms with Crippen LogP contribution in [0.25, 0.3) is 0 Å². The third kappa shape index (κ3) is 4.29. The molecule has 1 aromatic carbocycles. The molecule has 1 heterocycles. The van der Waals surface area contributed by atoms with Crippen LogP contribution in [-0.2, 0) is 0 Å². The SMILES string of the molecule is COc1ccc(NC(=S)N/N=C(/C)c2cc(C)sc2C)cc1. The highest BCUT2D eigenvalue weighted by molar-refractivity contribution is 7.80. The van der Waals surface area contributed by atoms with Crippen molar-refractivity contribution in [2.75, 3.05) is 12.4 Å². The van der Waals surface area contributed by atoms with Gasteiger partial charge in [0.2, 0.25) is 0 Å². The van der Waals surface area contributed by atoms with Gasteiger partial charge in [-0.15, -0.1) is 11.3 Å². The van der Waals surface area contributed by atoms with Gasteiger partial charge in [0.25, 0.3) is 0 Å². The van der Waals surface area contributed by atoms with E-state index in [2.05, 4.69) is 35.8 Å². The maximum absolute atomic E-state index is 5.25. The molecule has 2 aromatic rings. The van der Waals surface area contributed by atoms with Gasteiger partial charge in [-0.1, -0.05) is 0 Å². The summed E-state index contributed by atoms with van der Waals surface area (Å²) in [6, 6.07) is 9.68. The fourth-order valence-corrected chi connectivity index (χ4v) is 3.16. The molecule has 0 radical (unpaired) electrons. The number of thiocarbonyl (C=S) groups is 1. The highest BCUT2D eigenvalue weighted by atomic mass is 32.1. The van der Waals surface area contributed by atoms with Crippen LogP contribution in [0, 0.1) is 13.8 Å². The number of ether oxygens (including phenoxy) is 1. The molecule has 2 rings (SSSR count). The summed E-state index contributed by atoms with van der Waals surface area (Å²) >= 11 is 7.01. The first kappa shape index (κ1) is 16.5. The van der Waals surface area contributed by atoms with E-state index in [-0.39, 0.29) is 0 Å². The Hall–Kier alpha value is -1.92. The molecule has 0 saturated heterocycles. The third-order valence-corrected chi connectivity index (χ3v) is 4.26. The van der Waals surface area contributed by atoms with Crippen LogP contribution in [0.2, 0.25) is 0 Å². The average Bonchev–Trinajstić information content (AvgIpc) is 2.84. The summed E-state index contributed by atoms with van der Waals surface area (Å²) in [6.45, 7) is 6.16. The molecule has 0 atom stereocenters. The zero-order valence-electron chi connectivity index (χ0n) is 13.1. The van der Waals surface area contributed by atoms with Crippen molar-refractivity contribution in [2.24, 2.45) is 5.10 Å². The van der Waals surface area contributed by atoms with Crippen LogP contribution in [0.15, 0.2) is 35.4 Å². The molecular formula is C16H19N3OS2. The Balaban J connectivity index is 1.96. The Bertz CT molecular complexity index is 690. The van der Waals surface area contributed by atoms with Gasteiger partial charge in [-0.25, -0.2) is 0 Å². The van der Waals surface area contributed by atoms with E-state index >= 15 is 0 Å². The van der Waals surface area contributed by atoms with Gasteiger partial charge in [-0.2, -0.15) is 5.10 Å². The number of rotatable bonds is 4. The third-order valence-electron chi connectivity index (χ3n) is 3.10. The smallest absolute Gasteiger partial charge is 0.191 e. The zero-order valence-corrected chi connectivity index (χ0v) is 14.7. The van der Waals surface area contributed by atoms with Gasteiger partial charge in [0, 0.05) is 21.0 Å². The zero-order chi connectivity index (χ0) is 16.1. The fraction of sp³-hybridized carbons (Fsp3) is 0.250. The number of thiophene rings is 1. The van der Waals surface area contributed by atoms with Crippen molar-refractivity contribution in [2.45, 2.75) is 20.8 Å². The molecule has 0 amide bonds. The van der Waals surface area contributed by atoms with Gasteiger partial charge in [0.05, 0.1) is 12.8 Å². The molecule has 0 aliphatic rings. The van der Waals surface area contributed by atoms with Gasteiger partial charge < -0.3 is 10.1 Å². The monoisotopic (exact) mass is 333 g/mol. The van der Waals surface area contributed by atoms with Crippen molar-refractivity contribution < 1.29 is 4.74 Å². The molecule has 1 aromatic heterocycles. The molecule has 0 unspecified atom stereocenters. The van der Waals surface area contributed by atoms with E-state index in [0.717, 1.165) is 22.7 Å². The molecule has 0 bridgehead atoms. The first-order valence-electron chi connectivity index (χ1n) is 6.82. The summed E-state index contributed by atoms with van der Waals surface area (Å²) in [6.07, 6.45) is 0. The molecule has 0 aliphatic heterocycles. The lowest BCUT2D eigenvalue weighted by molar-refractivity contribution is 0.415. The number of methoxy groups -OCH3 is 1. The Morgan fingerprint density at radius 1 is 1.23 bits per heavy atom. The quantitative estimate of drug-likeness (QED) is 0.503. The topological polar surface area (TPSA) is 45.6 Å². The Morgan fingerprint density at radius 2 is 1.91 bits per heavy atom. The summed E-state index contributed by atoms with van der Waals surface area (Å²) in [5, 5.41) is 7.88. The van der Waals surface area contributed by atoms with E-state index in [0.29, 0.717) is 5.11 Å². The minimum atomic E-state index is 0.453. The van der Waals surface area contributed by atoms with Gasteiger partial charge in [-0.05, 0) is 63.3 Å². The van der Waals surface area contributed by atoms with Gasteiger partial charge in [0.15, 0.2) is 5.11 Å². The van der Waals surface area contributed by atoms with Gasteiger partial charge in [-0.3, -0.25) is 5.43 Å². The van der Waals surface area contributed by atoms with Crippen molar-refractivity contribution in [3.63, 3.8) is 0 Å². The average molecular weight is 333 g/mol. The highest BCUT2D eigenvalue weighted by Gasteiger charge is 2.06. The second-order valence-corrected chi connectivity index (χ2v) is 6.69. The first-order chi connectivity index (χ1) is 10.5. The molecular weight excluding hydrogens is 314 g/mol. The Kier molecular flexibility index (Phi) is 5.51. The van der Waals surface area contributed by atoms with E-state index in [9.17, 15) is 0 Å². The number of nitrogens with zero attached hydrogens (tertiary/aromatic N) is 1. The molecule has 0 fully saturated rings. The van der Waals surface area contributed by atoms with Crippen LogP contribution in [0.5, 0.6) is 5.75 Å². The van der Waals surface area contributed by atoms with Gasteiger partial charge >= 0.3 is 0 Å². The minimum Gasteiger partial charge on any atom is -0.497 e. The van der Waals surface area contributed by atoms with Crippen molar-refractivity contribution in [3.05, 3.63) is 45.6 Å². The van der Waals surface area contributed by atoms with Crippen LogP contribution in [0.1, 0.15) is 22.2 Å². The second-order valence-electron chi connectivity index (χ2n) is 4.82. The van der Waals surface area contributed by atoms with Crippen molar-refractivity contribution in [1.82, 2.24) is 5.43 Å². The highest BCUT2D eigenvalue weighted by Crippen LogP contribution is 2.21. The largest absolute Gasteiger partial charge is 0.497 e. The Morgan fingerprint density at radius 3 is 2.45 bits per heavy atom. The van der Waals surface area contributed by atoms with Crippen LogP contribution < -0.4 is 15.5 Å². The molecule has 2 N–H and O–H groups in total. The molecule has 4 nitrogen and oxygen atoms in total. The normalized spacial score (nSPS) is 11.2. The van der Waals surface area contributed by atoms with E-state index in [4.69, 9.17) is 17.0 Å². The second kappa shape index (κ2) is 7.38. The number of nitrogens with one attached hydrogen (secondary N) is 2.